The third-order valence-corrected chi connectivity index (χ3v) is 4.94. The number of nitrogens with zero attached hydrogens (tertiary/aromatic N) is 3. The number of rotatable bonds is 4. The minimum absolute atomic E-state index is 0.0153. The molecule has 3 heterocycles. The quantitative estimate of drug-likeness (QED) is 0.798. The van der Waals surface area contributed by atoms with Crippen molar-refractivity contribution in [2.45, 2.75) is 26.5 Å². The largest absolute Gasteiger partial charge is 0.444 e. The molecule has 144 valence electrons. The van der Waals surface area contributed by atoms with Crippen molar-refractivity contribution >= 4 is 17.9 Å². The molecule has 28 heavy (non-hydrogen) atoms. The third kappa shape index (κ3) is 3.78. The van der Waals surface area contributed by atoms with E-state index >= 15 is 0 Å². The summed E-state index contributed by atoms with van der Waals surface area (Å²) in [7, 11) is 0. The Morgan fingerprint density at radius 3 is 2.82 bits per heavy atom. The molecular weight excluding hydrogens is 354 g/mol. The van der Waals surface area contributed by atoms with E-state index < -0.39 is 0 Å². The number of carbonyl (C=O) groups is 1. The zero-order valence-electron chi connectivity index (χ0n) is 16.0. The first kappa shape index (κ1) is 18.3. The standard InChI is InChI=1S/C21H23N5O2/c1-3-26-19-18(13-28-21(26)27)12-23-20(25-19)24-14(2)17-8-6-15(7-9-17)4-5-16-10-22-11-16/h6-9,12,14,16,22H,3,10-11,13H2,1-2H3,(H,23,24,25)/t14-/m0/s1. The number of carbonyl (C=O) groups excluding carboxylic acids is 1. The molecule has 7 heteroatoms. The van der Waals surface area contributed by atoms with Gasteiger partial charge in [-0.1, -0.05) is 24.0 Å². The number of anilines is 2. The molecule has 0 spiro atoms. The molecule has 0 aliphatic carbocycles. The second-order valence-electron chi connectivity index (χ2n) is 6.95. The van der Waals surface area contributed by atoms with Crippen LogP contribution in [0.25, 0.3) is 0 Å². The number of aromatic nitrogens is 2. The van der Waals surface area contributed by atoms with Crippen LogP contribution in [-0.2, 0) is 11.3 Å². The van der Waals surface area contributed by atoms with Crippen molar-refractivity contribution in [3.63, 3.8) is 0 Å². The van der Waals surface area contributed by atoms with Gasteiger partial charge in [-0.2, -0.15) is 4.98 Å². The van der Waals surface area contributed by atoms with E-state index in [0.29, 0.717) is 24.2 Å². The zero-order chi connectivity index (χ0) is 19.5. The van der Waals surface area contributed by atoms with E-state index in [1.54, 1.807) is 6.20 Å². The van der Waals surface area contributed by atoms with Gasteiger partial charge in [0.05, 0.1) is 11.6 Å². The van der Waals surface area contributed by atoms with Gasteiger partial charge in [-0.15, -0.1) is 0 Å². The Morgan fingerprint density at radius 1 is 1.36 bits per heavy atom. The van der Waals surface area contributed by atoms with Crippen molar-refractivity contribution in [1.29, 1.82) is 0 Å². The normalized spacial score (nSPS) is 16.9. The maximum Gasteiger partial charge on any atom is 0.415 e. The lowest BCUT2D eigenvalue weighted by molar-refractivity contribution is 0.141. The van der Waals surface area contributed by atoms with Gasteiger partial charge in [0.25, 0.3) is 0 Å². The third-order valence-electron chi connectivity index (χ3n) is 4.94. The lowest BCUT2D eigenvalue weighted by Crippen LogP contribution is -2.40. The Bertz CT molecular complexity index is 928. The van der Waals surface area contributed by atoms with Crippen molar-refractivity contribution in [3.05, 3.63) is 47.2 Å². The van der Waals surface area contributed by atoms with Gasteiger partial charge in [0.1, 0.15) is 12.4 Å². The number of cyclic esters (lactones) is 1. The number of fused-ring (bicyclic) bond motifs is 1. The van der Waals surface area contributed by atoms with E-state index in [1.165, 1.54) is 4.90 Å². The Balaban J connectivity index is 1.46. The van der Waals surface area contributed by atoms with Gasteiger partial charge in [-0.3, -0.25) is 4.90 Å². The fourth-order valence-electron chi connectivity index (χ4n) is 3.09. The zero-order valence-corrected chi connectivity index (χ0v) is 16.0. The Kier molecular flexibility index (Phi) is 5.13. The predicted octanol–water partition coefficient (Wildman–Crippen LogP) is 2.70. The molecule has 1 amide bonds. The number of hydrogen-bond acceptors (Lipinski definition) is 6. The van der Waals surface area contributed by atoms with Crippen molar-refractivity contribution in [2.75, 3.05) is 29.9 Å². The average Bonchev–Trinajstić information content (AvgIpc) is 2.67. The van der Waals surface area contributed by atoms with Crippen molar-refractivity contribution in [2.24, 2.45) is 5.92 Å². The van der Waals surface area contributed by atoms with Crippen LogP contribution in [-0.4, -0.2) is 35.7 Å². The number of amides is 1. The second-order valence-corrected chi connectivity index (χ2v) is 6.95. The van der Waals surface area contributed by atoms with Crippen LogP contribution in [0.1, 0.15) is 36.6 Å². The smallest absolute Gasteiger partial charge is 0.415 e. The van der Waals surface area contributed by atoms with Gasteiger partial charge < -0.3 is 15.4 Å². The summed E-state index contributed by atoms with van der Waals surface area (Å²) in [5, 5.41) is 6.53. The summed E-state index contributed by atoms with van der Waals surface area (Å²) in [4.78, 5) is 22.3. The van der Waals surface area contributed by atoms with E-state index in [-0.39, 0.29) is 18.7 Å². The fourth-order valence-corrected chi connectivity index (χ4v) is 3.09. The topological polar surface area (TPSA) is 79.4 Å². The number of ether oxygens (including phenoxy) is 1. The van der Waals surface area contributed by atoms with Gasteiger partial charge in [-0.05, 0) is 31.5 Å². The molecular formula is C21H23N5O2. The Hall–Kier alpha value is -3.11. The maximum atomic E-state index is 11.9. The van der Waals surface area contributed by atoms with Crippen LogP contribution in [0, 0.1) is 17.8 Å². The highest BCUT2D eigenvalue weighted by Crippen LogP contribution is 2.26. The lowest BCUT2D eigenvalue weighted by Gasteiger charge is -2.27. The summed E-state index contributed by atoms with van der Waals surface area (Å²) in [5.41, 5.74) is 2.94. The minimum atomic E-state index is -0.373. The maximum absolute atomic E-state index is 11.9. The molecule has 0 unspecified atom stereocenters. The molecule has 1 aromatic heterocycles. The Morgan fingerprint density at radius 2 is 2.14 bits per heavy atom. The minimum Gasteiger partial charge on any atom is -0.444 e. The molecule has 0 saturated carbocycles. The van der Waals surface area contributed by atoms with E-state index in [1.807, 2.05) is 19.1 Å². The summed E-state index contributed by atoms with van der Waals surface area (Å²) in [5.74, 6) is 8.07. The van der Waals surface area contributed by atoms with Crippen molar-refractivity contribution in [3.8, 4) is 11.8 Å². The van der Waals surface area contributed by atoms with Crippen LogP contribution < -0.4 is 15.5 Å². The van der Waals surface area contributed by atoms with Gasteiger partial charge >= 0.3 is 6.09 Å². The molecule has 2 aromatic rings. The molecule has 2 aliphatic rings. The molecule has 4 rings (SSSR count). The molecule has 1 fully saturated rings. The highest BCUT2D eigenvalue weighted by atomic mass is 16.6. The number of hydrogen-bond donors (Lipinski definition) is 2. The van der Waals surface area contributed by atoms with Crippen LogP contribution in [0.3, 0.4) is 0 Å². The van der Waals surface area contributed by atoms with Crippen LogP contribution in [0.5, 0.6) is 0 Å². The summed E-state index contributed by atoms with van der Waals surface area (Å²) >= 11 is 0. The average molecular weight is 377 g/mol. The van der Waals surface area contributed by atoms with E-state index in [2.05, 4.69) is 51.5 Å². The number of benzene rings is 1. The fraction of sp³-hybridized carbons (Fsp3) is 0.381. The van der Waals surface area contributed by atoms with Gasteiger partial charge in [0, 0.05) is 37.3 Å². The highest BCUT2D eigenvalue weighted by molar-refractivity contribution is 5.89. The molecule has 1 atom stereocenters. The predicted molar refractivity (Wildman–Crippen MR) is 107 cm³/mol. The first-order valence-electron chi connectivity index (χ1n) is 9.53. The molecule has 0 radical (unpaired) electrons. The molecule has 0 bridgehead atoms. The second kappa shape index (κ2) is 7.87. The summed E-state index contributed by atoms with van der Waals surface area (Å²) in [6.07, 6.45) is 1.34. The SMILES string of the molecule is CCN1C(=O)OCc2cnc(N[C@@H](C)c3ccc(C#CC4CNC4)cc3)nc21. The van der Waals surface area contributed by atoms with Crippen molar-refractivity contribution < 1.29 is 9.53 Å². The molecule has 1 saturated heterocycles. The first-order valence-corrected chi connectivity index (χ1v) is 9.53. The summed E-state index contributed by atoms with van der Waals surface area (Å²) < 4.78 is 5.13. The Labute approximate surface area is 164 Å². The molecule has 7 nitrogen and oxygen atoms in total. The number of nitrogens with one attached hydrogen (secondary N) is 2. The lowest BCUT2D eigenvalue weighted by atomic mass is 10.0. The highest BCUT2D eigenvalue weighted by Gasteiger charge is 2.26. The summed E-state index contributed by atoms with van der Waals surface area (Å²) in [6, 6.07) is 8.22. The molecule has 1 aromatic carbocycles. The van der Waals surface area contributed by atoms with Gasteiger partial charge in [0.15, 0.2) is 0 Å². The molecule has 2 aliphatic heterocycles. The van der Waals surface area contributed by atoms with Crippen LogP contribution in [0.4, 0.5) is 16.6 Å². The van der Waals surface area contributed by atoms with E-state index in [4.69, 9.17) is 4.74 Å². The van der Waals surface area contributed by atoms with Crippen molar-refractivity contribution in [1.82, 2.24) is 15.3 Å². The van der Waals surface area contributed by atoms with E-state index in [9.17, 15) is 4.79 Å². The first-order chi connectivity index (χ1) is 13.6. The van der Waals surface area contributed by atoms with E-state index in [0.717, 1.165) is 29.8 Å². The van der Waals surface area contributed by atoms with Crippen LogP contribution in [0.15, 0.2) is 30.5 Å². The summed E-state index contributed by atoms with van der Waals surface area (Å²) in [6.45, 7) is 6.62. The van der Waals surface area contributed by atoms with Gasteiger partial charge in [-0.25, -0.2) is 9.78 Å². The van der Waals surface area contributed by atoms with Crippen LogP contribution in [0.2, 0.25) is 0 Å². The van der Waals surface area contributed by atoms with Crippen LogP contribution >= 0.6 is 0 Å². The monoisotopic (exact) mass is 377 g/mol. The van der Waals surface area contributed by atoms with Gasteiger partial charge in [0.2, 0.25) is 5.95 Å². The molecule has 2 N–H and O–H groups in total.